The summed E-state index contributed by atoms with van der Waals surface area (Å²) >= 11 is 1.29. The summed E-state index contributed by atoms with van der Waals surface area (Å²) in [5, 5.41) is 11.5. The summed E-state index contributed by atoms with van der Waals surface area (Å²) in [6, 6.07) is 19.4. The Kier molecular flexibility index (Phi) is 8.58. The highest BCUT2D eigenvalue weighted by atomic mass is 32.2. The molecular formula is C29H30N4O4S. The standard InChI is InChI=1S/C29H30N4O4S/c1-5-8-26-31-28-19(2)15-22(30-27(38-4)18-33(35)36)16-25(28)32(26)17-20-11-13-21(14-12-20)23-9-6-7-10-24(23)29(34)37-3/h6-7,9-16H,5,8,17-18H2,1-4H3. The van der Waals surface area contributed by atoms with Crippen LogP contribution in [0.2, 0.25) is 0 Å². The number of carbonyl (C=O) groups excluding carboxylic acids is 1. The number of thioether (sulfide) groups is 1. The van der Waals surface area contributed by atoms with E-state index in [-0.39, 0.29) is 17.4 Å². The Morgan fingerprint density at radius 2 is 1.89 bits per heavy atom. The van der Waals surface area contributed by atoms with Gasteiger partial charge in [-0.05, 0) is 60.1 Å². The molecule has 0 aliphatic carbocycles. The lowest BCUT2D eigenvalue weighted by atomic mass is 9.98. The quantitative estimate of drug-likeness (QED) is 0.0808. The Balaban J connectivity index is 1.72. The normalized spacial score (nSPS) is 11.6. The minimum absolute atomic E-state index is 0.302. The number of hydrogen-bond donors (Lipinski definition) is 0. The molecule has 9 heteroatoms. The van der Waals surface area contributed by atoms with Crippen molar-refractivity contribution in [3.8, 4) is 11.1 Å². The number of methoxy groups -OCH3 is 1. The summed E-state index contributed by atoms with van der Waals surface area (Å²) in [4.78, 5) is 32.4. The van der Waals surface area contributed by atoms with Gasteiger partial charge in [-0.15, -0.1) is 11.8 Å². The SMILES string of the molecule is CCCc1nc2c(C)cc(N=C(C[N+](=O)[O-])SC)cc2n1Cc1ccc(-c2ccccc2C(=O)OC)cc1. The Morgan fingerprint density at radius 3 is 2.55 bits per heavy atom. The minimum Gasteiger partial charge on any atom is -0.465 e. The number of carbonyl (C=O) groups is 1. The van der Waals surface area contributed by atoms with Crippen molar-refractivity contribution in [2.24, 2.45) is 4.99 Å². The van der Waals surface area contributed by atoms with E-state index in [4.69, 9.17) is 9.72 Å². The molecule has 0 fully saturated rings. The maximum Gasteiger partial charge on any atom is 0.338 e. The first kappa shape index (κ1) is 27.1. The molecule has 0 saturated heterocycles. The Labute approximate surface area is 225 Å². The lowest BCUT2D eigenvalue weighted by Crippen LogP contribution is -2.09. The van der Waals surface area contributed by atoms with Gasteiger partial charge in [-0.25, -0.2) is 14.8 Å². The topological polar surface area (TPSA) is 99.6 Å². The van der Waals surface area contributed by atoms with E-state index in [1.54, 1.807) is 12.3 Å². The molecule has 38 heavy (non-hydrogen) atoms. The summed E-state index contributed by atoms with van der Waals surface area (Å²) < 4.78 is 7.15. The summed E-state index contributed by atoms with van der Waals surface area (Å²) in [6.45, 7) is 4.43. The molecule has 0 radical (unpaired) electrons. The number of rotatable bonds is 9. The number of imidazole rings is 1. The van der Waals surface area contributed by atoms with Crippen LogP contribution in [-0.2, 0) is 17.7 Å². The zero-order valence-electron chi connectivity index (χ0n) is 21.9. The smallest absolute Gasteiger partial charge is 0.338 e. The van der Waals surface area contributed by atoms with Crippen LogP contribution in [-0.4, -0.2) is 45.4 Å². The number of benzene rings is 3. The second-order valence-corrected chi connectivity index (χ2v) is 9.81. The lowest BCUT2D eigenvalue weighted by molar-refractivity contribution is -0.462. The zero-order chi connectivity index (χ0) is 27.2. The van der Waals surface area contributed by atoms with Crippen LogP contribution in [0.15, 0.2) is 65.7 Å². The molecule has 0 saturated carbocycles. The molecule has 4 aromatic rings. The third kappa shape index (κ3) is 5.94. The van der Waals surface area contributed by atoms with Gasteiger partial charge in [-0.2, -0.15) is 0 Å². The molecule has 8 nitrogen and oxygen atoms in total. The molecular weight excluding hydrogens is 500 g/mol. The van der Waals surface area contributed by atoms with Gasteiger partial charge in [0, 0.05) is 17.9 Å². The van der Waals surface area contributed by atoms with Crippen molar-refractivity contribution in [1.82, 2.24) is 9.55 Å². The Morgan fingerprint density at radius 1 is 1.16 bits per heavy atom. The monoisotopic (exact) mass is 530 g/mol. The van der Waals surface area contributed by atoms with E-state index < -0.39 is 0 Å². The predicted octanol–water partition coefficient (Wildman–Crippen LogP) is 6.47. The number of fused-ring (bicyclic) bond motifs is 1. The summed E-state index contributed by atoms with van der Waals surface area (Å²) in [6.07, 6.45) is 3.58. The highest BCUT2D eigenvalue weighted by Gasteiger charge is 2.16. The number of nitrogens with zero attached hydrogens (tertiary/aromatic N) is 4. The van der Waals surface area contributed by atoms with Gasteiger partial charge in [0.25, 0.3) is 6.54 Å². The Bertz CT molecular complexity index is 1510. The fraction of sp³-hybridized carbons (Fsp3) is 0.276. The third-order valence-electron chi connectivity index (χ3n) is 6.27. The fourth-order valence-corrected chi connectivity index (χ4v) is 4.90. The average Bonchev–Trinajstić information content (AvgIpc) is 3.25. The van der Waals surface area contributed by atoms with Gasteiger partial charge < -0.3 is 9.30 Å². The molecule has 0 unspecified atom stereocenters. The van der Waals surface area contributed by atoms with E-state index in [1.165, 1.54) is 18.9 Å². The van der Waals surface area contributed by atoms with Crippen LogP contribution >= 0.6 is 11.8 Å². The summed E-state index contributed by atoms with van der Waals surface area (Å²) in [5.41, 5.74) is 6.90. The first-order valence-corrected chi connectivity index (χ1v) is 13.6. The van der Waals surface area contributed by atoms with Gasteiger partial charge >= 0.3 is 5.97 Å². The van der Waals surface area contributed by atoms with Gasteiger partial charge in [0.15, 0.2) is 0 Å². The van der Waals surface area contributed by atoms with Crippen molar-refractivity contribution in [2.75, 3.05) is 19.9 Å². The fourth-order valence-electron chi connectivity index (χ4n) is 4.47. The van der Waals surface area contributed by atoms with Crippen molar-refractivity contribution >= 4 is 39.5 Å². The second-order valence-electron chi connectivity index (χ2n) is 8.93. The van der Waals surface area contributed by atoms with E-state index in [1.807, 2.05) is 49.4 Å². The summed E-state index contributed by atoms with van der Waals surface area (Å²) in [5.74, 6) is 0.623. The van der Waals surface area contributed by atoms with Crippen molar-refractivity contribution in [1.29, 1.82) is 0 Å². The molecule has 0 N–H and O–H groups in total. The average molecular weight is 531 g/mol. The number of esters is 1. The van der Waals surface area contributed by atoms with Crippen LogP contribution in [0.1, 0.15) is 40.7 Å². The van der Waals surface area contributed by atoms with Crippen molar-refractivity contribution in [2.45, 2.75) is 33.2 Å². The van der Waals surface area contributed by atoms with Crippen LogP contribution in [0.4, 0.5) is 5.69 Å². The first-order chi connectivity index (χ1) is 18.3. The zero-order valence-corrected chi connectivity index (χ0v) is 22.7. The molecule has 0 aliphatic rings. The van der Waals surface area contributed by atoms with Crippen LogP contribution < -0.4 is 0 Å². The molecule has 0 bridgehead atoms. The molecule has 1 heterocycles. The molecule has 0 aliphatic heterocycles. The number of nitro groups is 1. The number of hydrogen-bond acceptors (Lipinski definition) is 7. The van der Waals surface area contributed by atoms with Crippen LogP contribution in [0, 0.1) is 17.0 Å². The number of ether oxygens (including phenoxy) is 1. The number of aliphatic imine (C=N–C) groups is 1. The molecule has 1 aromatic heterocycles. The van der Waals surface area contributed by atoms with Crippen LogP contribution in [0.5, 0.6) is 0 Å². The molecule has 196 valence electrons. The first-order valence-electron chi connectivity index (χ1n) is 12.3. The van der Waals surface area contributed by atoms with Crippen molar-refractivity contribution in [3.63, 3.8) is 0 Å². The van der Waals surface area contributed by atoms with Gasteiger partial charge in [-0.1, -0.05) is 49.4 Å². The van der Waals surface area contributed by atoms with E-state index in [0.717, 1.165) is 52.0 Å². The summed E-state index contributed by atoms with van der Waals surface area (Å²) in [7, 11) is 1.38. The number of aryl methyl sites for hydroxylation is 2. The van der Waals surface area contributed by atoms with Gasteiger partial charge in [0.2, 0.25) is 0 Å². The predicted molar refractivity (Wildman–Crippen MR) is 153 cm³/mol. The van der Waals surface area contributed by atoms with Crippen LogP contribution in [0.25, 0.3) is 22.2 Å². The van der Waals surface area contributed by atoms with Crippen LogP contribution in [0.3, 0.4) is 0 Å². The minimum atomic E-state index is -0.365. The molecule has 0 spiro atoms. The molecule has 0 amide bonds. The van der Waals surface area contributed by atoms with E-state index in [9.17, 15) is 14.9 Å². The second kappa shape index (κ2) is 12.0. The van der Waals surface area contributed by atoms with Crippen molar-refractivity contribution < 1.29 is 14.5 Å². The highest BCUT2D eigenvalue weighted by Crippen LogP contribution is 2.29. The van der Waals surface area contributed by atoms with E-state index in [2.05, 4.69) is 28.6 Å². The van der Waals surface area contributed by atoms with Gasteiger partial charge in [-0.3, -0.25) is 10.1 Å². The maximum absolute atomic E-state index is 12.2. The third-order valence-corrected chi connectivity index (χ3v) is 6.97. The van der Waals surface area contributed by atoms with Gasteiger partial charge in [0.1, 0.15) is 10.9 Å². The maximum atomic E-state index is 12.2. The molecule has 0 atom stereocenters. The number of aromatic nitrogens is 2. The van der Waals surface area contributed by atoms with E-state index >= 15 is 0 Å². The van der Waals surface area contributed by atoms with Gasteiger partial charge in [0.05, 0.1) is 29.4 Å². The molecule has 3 aromatic carbocycles. The van der Waals surface area contributed by atoms with E-state index in [0.29, 0.717) is 22.8 Å². The largest absolute Gasteiger partial charge is 0.465 e. The highest BCUT2D eigenvalue weighted by molar-refractivity contribution is 8.13. The van der Waals surface area contributed by atoms with Crippen molar-refractivity contribution in [3.05, 3.63) is 93.3 Å². The lowest BCUT2D eigenvalue weighted by Gasteiger charge is -2.12. The Hall–Kier alpha value is -3.98. The molecule has 4 rings (SSSR count).